The van der Waals surface area contributed by atoms with E-state index in [1.165, 1.54) is 89.9 Å². The van der Waals surface area contributed by atoms with Crippen molar-refractivity contribution in [1.29, 1.82) is 0 Å². The van der Waals surface area contributed by atoms with Gasteiger partial charge in [0.15, 0.2) is 0 Å². The highest BCUT2D eigenvalue weighted by Gasteiger charge is 2.21. The molecule has 0 aliphatic carbocycles. The van der Waals surface area contributed by atoms with Gasteiger partial charge in [0.1, 0.15) is 0 Å². The van der Waals surface area contributed by atoms with Gasteiger partial charge in [0.05, 0.1) is 0 Å². The summed E-state index contributed by atoms with van der Waals surface area (Å²) in [6, 6.07) is 0. The van der Waals surface area contributed by atoms with Crippen LogP contribution >= 0.6 is 0 Å². The van der Waals surface area contributed by atoms with Crippen molar-refractivity contribution in [2.75, 3.05) is 0 Å². The van der Waals surface area contributed by atoms with Crippen LogP contribution in [-0.4, -0.2) is 5.54 Å². The maximum atomic E-state index is 6.51. The molecule has 0 spiro atoms. The molecule has 0 aromatic rings. The maximum absolute atomic E-state index is 6.51. The van der Waals surface area contributed by atoms with Gasteiger partial charge >= 0.3 is 0 Å². The van der Waals surface area contributed by atoms with E-state index < -0.39 is 0 Å². The van der Waals surface area contributed by atoms with E-state index in [9.17, 15) is 0 Å². The second-order valence-electron chi connectivity index (χ2n) is 6.44. The van der Waals surface area contributed by atoms with Crippen molar-refractivity contribution in [3.8, 4) is 0 Å². The normalized spacial score (nSPS) is 12.0. The number of rotatable bonds is 14. The Balaban J connectivity index is 3.44. The molecule has 0 aliphatic heterocycles. The van der Waals surface area contributed by atoms with Crippen LogP contribution in [0.1, 0.15) is 111 Å². The molecule has 19 heavy (non-hydrogen) atoms. The third kappa shape index (κ3) is 11.5. The van der Waals surface area contributed by atoms with Gasteiger partial charge in [-0.05, 0) is 19.3 Å². The molecule has 0 atom stereocenters. The van der Waals surface area contributed by atoms with E-state index in [1.807, 2.05) is 0 Å². The summed E-state index contributed by atoms with van der Waals surface area (Å²) in [6.07, 6.45) is 18.8. The SMILES string of the molecule is CCCCCCCCCCCC(N)(CCC)CCC. The van der Waals surface area contributed by atoms with Crippen molar-refractivity contribution in [1.82, 2.24) is 0 Å². The number of hydrogen-bond donors (Lipinski definition) is 1. The molecule has 0 saturated carbocycles. The molecule has 0 aliphatic rings. The van der Waals surface area contributed by atoms with Crippen LogP contribution in [0.2, 0.25) is 0 Å². The van der Waals surface area contributed by atoms with Crippen molar-refractivity contribution in [3.63, 3.8) is 0 Å². The first kappa shape index (κ1) is 19.0. The highest BCUT2D eigenvalue weighted by atomic mass is 14.7. The van der Waals surface area contributed by atoms with Gasteiger partial charge in [-0.25, -0.2) is 0 Å². The van der Waals surface area contributed by atoms with E-state index in [1.54, 1.807) is 0 Å². The Morgan fingerprint density at radius 1 is 0.526 bits per heavy atom. The van der Waals surface area contributed by atoms with Gasteiger partial charge in [-0.1, -0.05) is 91.4 Å². The third-order valence-corrected chi connectivity index (χ3v) is 4.27. The Hall–Kier alpha value is -0.0400. The molecule has 0 radical (unpaired) electrons. The van der Waals surface area contributed by atoms with Gasteiger partial charge in [-0.2, -0.15) is 0 Å². The smallest absolute Gasteiger partial charge is 0.0154 e. The second kappa shape index (κ2) is 13.0. The maximum Gasteiger partial charge on any atom is 0.0154 e. The van der Waals surface area contributed by atoms with Crippen LogP contribution in [-0.2, 0) is 0 Å². The molecular weight excluding hydrogens is 230 g/mol. The fourth-order valence-corrected chi connectivity index (χ4v) is 3.16. The zero-order valence-corrected chi connectivity index (χ0v) is 14.0. The van der Waals surface area contributed by atoms with Crippen LogP contribution in [0.5, 0.6) is 0 Å². The van der Waals surface area contributed by atoms with E-state index in [2.05, 4.69) is 20.8 Å². The summed E-state index contributed by atoms with van der Waals surface area (Å²) in [7, 11) is 0. The van der Waals surface area contributed by atoms with E-state index in [4.69, 9.17) is 5.73 Å². The summed E-state index contributed by atoms with van der Waals surface area (Å²) in [6.45, 7) is 6.80. The van der Waals surface area contributed by atoms with Gasteiger partial charge < -0.3 is 5.73 Å². The summed E-state index contributed by atoms with van der Waals surface area (Å²) in [4.78, 5) is 0. The minimum atomic E-state index is 0.143. The molecule has 1 heteroatoms. The minimum Gasteiger partial charge on any atom is -0.325 e. The Labute approximate surface area is 122 Å². The van der Waals surface area contributed by atoms with Crippen LogP contribution < -0.4 is 5.73 Å². The summed E-state index contributed by atoms with van der Waals surface area (Å²) in [5, 5.41) is 0. The predicted molar refractivity (Wildman–Crippen MR) is 88.6 cm³/mol. The quantitative estimate of drug-likeness (QED) is 0.373. The third-order valence-electron chi connectivity index (χ3n) is 4.27. The van der Waals surface area contributed by atoms with Crippen LogP contribution in [0.15, 0.2) is 0 Å². The monoisotopic (exact) mass is 269 g/mol. The zero-order chi connectivity index (χ0) is 14.4. The first-order valence-corrected chi connectivity index (χ1v) is 8.97. The lowest BCUT2D eigenvalue weighted by Gasteiger charge is -2.29. The molecular formula is C18H39N. The zero-order valence-electron chi connectivity index (χ0n) is 14.0. The first-order chi connectivity index (χ1) is 9.18. The molecule has 0 heterocycles. The standard InChI is InChI=1S/C18H39N/c1-4-7-8-9-10-11-12-13-14-17-18(19,15-5-2)16-6-3/h4-17,19H2,1-3H3. The molecule has 116 valence electrons. The van der Waals surface area contributed by atoms with Gasteiger partial charge in [0.25, 0.3) is 0 Å². The van der Waals surface area contributed by atoms with E-state index in [-0.39, 0.29) is 5.54 Å². The highest BCUT2D eigenvalue weighted by Crippen LogP contribution is 2.24. The lowest BCUT2D eigenvalue weighted by molar-refractivity contribution is 0.320. The number of hydrogen-bond acceptors (Lipinski definition) is 1. The van der Waals surface area contributed by atoms with Crippen molar-refractivity contribution in [2.45, 2.75) is 116 Å². The van der Waals surface area contributed by atoms with Crippen LogP contribution in [0, 0.1) is 0 Å². The molecule has 0 unspecified atom stereocenters. The second-order valence-corrected chi connectivity index (χ2v) is 6.44. The number of nitrogens with two attached hydrogens (primary N) is 1. The lowest BCUT2D eigenvalue weighted by Crippen LogP contribution is -2.39. The largest absolute Gasteiger partial charge is 0.325 e. The van der Waals surface area contributed by atoms with Gasteiger partial charge in [0, 0.05) is 5.54 Å². The predicted octanol–water partition coefficient (Wildman–Crippen LogP) is 6.21. The van der Waals surface area contributed by atoms with E-state index in [0.29, 0.717) is 0 Å². The van der Waals surface area contributed by atoms with Crippen molar-refractivity contribution < 1.29 is 0 Å². The minimum absolute atomic E-state index is 0.143. The average Bonchev–Trinajstić information content (AvgIpc) is 2.37. The van der Waals surface area contributed by atoms with Crippen molar-refractivity contribution >= 4 is 0 Å². The molecule has 0 bridgehead atoms. The molecule has 0 fully saturated rings. The summed E-state index contributed by atoms with van der Waals surface area (Å²) in [5.41, 5.74) is 6.66. The van der Waals surface area contributed by atoms with Gasteiger partial charge in [-0.15, -0.1) is 0 Å². The molecule has 0 aromatic carbocycles. The number of unbranched alkanes of at least 4 members (excludes halogenated alkanes) is 8. The summed E-state index contributed by atoms with van der Waals surface area (Å²) >= 11 is 0. The van der Waals surface area contributed by atoms with Gasteiger partial charge in [0.2, 0.25) is 0 Å². The molecule has 0 saturated heterocycles. The fraction of sp³-hybridized carbons (Fsp3) is 1.00. The summed E-state index contributed by atoms with van der Waals surface area (Å²) < 4.78 is 0. The molecule has 2 N–H and O–H groups in total. The fourth-order valence-electron chi connectivity index (χ4n) is 3.16. The topological polar surface area (TPSA) is 26.0 Å². The Bertz CT molecular complexity index is 171. The van der Waals surface area contributed by atoms with Crippen molar-refractivity contribution in [2.24, 2.45) is 5.73 Å². The first-order valence-electron chi connectivity index (χ1n) is 8.97. The molecule has 0 rings (SSSR count). The Morgan fingerprint density at radius 3 is 1.37 bits per heavy atom. The summed E-state index contributed by atoms with van der Waals surface area (Å²) in [5.74, 6) is 0. The average molecular weight is 270 g/mol. The van der Waals surface area contributed by atoms with E-state index in [0.717, 1.165) is 0 Å². The van der Waals surface area contributed by atoms with Crippen LogP contribution in [0.3, 0.4) is 0 Å². The molecule has 1 nitrogen and oxygen atoms in total. The van der Waals surface area contributed by atoms with Crippen LogP contribution in [0.25, 0.3) is 0 Å². The molecule has 0 amide bonds. The van der Waals surface area contributed by atoms with E-state index >= 15 is 0 Å². The van der Waals surface area contributed by atoms with Crippen molar-refractivity contribution in [3.05, 3.63) is 0 Å². The Kier molecular flexibility index (Phi) is 12.9. The lowest BCUT2D eigenvalue weighted by atomic mass is 9.84. The highest BCUT2D eigenvalue weighted by molar-refractivity contribution is 4.82. The molecule has 0 aromatic heterocycles. The van der Waals surface area contributed by atoms with Crippen LogP contribution in [0.4, 0.5) is 0 Å². The van der Waals surface area contributed by atoms with Gasteiger partial charge in [-0.3, -0.25) is 0 Å². The Morgan fingerprint density at radius 2 is 0.947 bits per heavy atom.